The summed E-state index contributed by atoms with van der Waals surface area (Å²) in [5.41, 5.74) is 2.90. The quantitative estimate of drug-likeness (QED) is 0.794. The highest BCUT2D eigenvalue weighted by molar-refractivity contribution is 5.82. The van der Waals surface area contributed by atoms with E-state index < -0.39 is 24.4 Å². The predicted molar refractivity (Wildman–Crippen MR) is 50.8 cm³/mol. The lowest BCUT2D eigenvalue weighted by Gasteiger charge is -2.27. The van der Waals surface area contributed by atoms with Crippen LogP contribution in [0.15, 0.2) is 30.3 Å². The zero-order valence-corrected chi connectivity index (χ0v) is 7.86. The second-order valence-corrected chi connectivity index (χ2v) is 3.15. The zero-order chi connectivity index (χ0) is 11.5. The summed E-state index contributed by atoms with van der Waals surface area (Å²) in [6.45, 7) is -0.635. The number of alkyl halides is 2. The number of hydrogen-bond donors (Lipinski definition) is 2. The Morgan fingerprint density at radius 2 is 1.93 bits per heavy atom. The highest BCUT2D eigenvalue weighted by Crippen LogP contribution is 2.30. The number of hydrogen-bond acceptors (Lipinski definition) is 2. The van der Waals surface area contributed by atoms with E-state index in [1.165, 1.54) is 24.3 Å². The molecule has 0 aromatic heterocycles. The molecule has 1 aromatic rings. The Morgan fingerprint density at radius 1 is 1.40 bits per heavy atom. The van der Waals surface area contributed by atoms with Crippen molar-refractivity contribution in [3.8, 4) is 0 Å². The number of halogens is 2. The minimum Gasteiger partial charge on any atom is -0.480 e. The van der Waals surface area contributed by atoms with E-state index in [-0.39, 0.29) is 5.56 Å². The molecule has 5 heteroatoms. The fourth-order valence-corrected chi connectivity index (χ4v) is 1.37. The van der Waals surface area contributed by atoms with Crippen LogP contribution in [0.25, 0.3) is 0 Å². The average molecular weight is 215 g/mol. The van der Waals surface area contributed by atoms with Crippen molar-refractivity contribution in [3.05, 3.63) is 35.9 Å². The van der Waals surface area contributed by atoms with Gasteiger partial charge in [0.2, 0.25) is 0 Å². The molecule has 1 aromatic carbocycles. The monoisotopic (exact) mass is 215 g/mol. The number of carboxylic acids is 1. The first kappa shape index (κ1) is 11.6. The molecule has 0 fully saturated rings. The van der Waals surface area contributed by atoms with Crippen molar-refractivity contribution in [2.45, 2.75) is 11.8 Å². The van der Waals surface area contributed by atoms with Gasteiger partial charge in [-0.05, 0) is 5.56 Å². The Labute approximate surface area is 85.5 Å². The zero-order valence-electron chi connectivity index (χ0n) is 7.86. The highest BCUT2D eigenvalue weighted by Gasteiger charge is 2.48. The van der Waals surface area contributed by atoms with E-state index >= 15 is 0 Å². The van der Waals surface area contributed by atoms with Crippen molar-refractivity contribution < 1.29 is 18.7 Å². The number of rotatable bonds is 4. The minimum absolute atomic E-state index is 0.0231. The molecule has 15 heavy (non-hydrogen) atoms. The largest absolute Gasteiger partial charge is 0.480 e. The topological polar surface area (TPSA) is 63.3 Å². The number of benzene rings is 1. The maximum absolute atomic E-state index is 12.8. The van der Waals surface area contributed by atoms with E-state index in [9.17, 15) is 13.6 Å². The smallest absolute Gasteiger partial charge is 0.321 e. The Balaban J connectivity index is 3.28. The van der Waals surface area contributed by atoms with Gasteiger partial charge in [-0.15, -0.1) is 0 Å². The molecular weight excluding hydrogens is 204 g/mol. The van der Waals surface area contributed by atoms with Crippen molar-refractivity contribution in [1.29, 1.82) is 0 Å². The minimum atomic E-state index is -3.04. The third-order valence-corrected chi connectivity index (χ3v) is 2.37. The van der Waals surface area contributed by atoms with E-state index in [0.29, 0.717) is 0 Å². The van der Waals surface area contributed by atoms with Gasteiger partial charge in [-0.2, -0.15) is 0 Å². The van der Waals surface area contributed by atoms with Crippen LogP contribution in [0, 0.1) is 0 Å². The molecule has 0 radical (unpaired) electrons. The highest BCUT2D eigenvalue weighted by atomic mass is 19.3. The fraction of sp³-hybridized carbons (Fsp3) is 0.300. The van der Waals surface area contributed by atoms with Crippen LogP contribution in [0.5, 0.6) is 0 Å². The van der Waals surface area contributed by atoms with Crippen LogP contribution >= 0.6 is 0 Å². The maximum atomic E-state index is 12.8. The molecule has 0 heterocycles. The molecular formula is C10H11F2NO2. The average Bonchev–Trinajstić information content (AvgIpc) is 2.20. The Morgan fingerprint density at radius 3 is 2.27 bits per heavy atom. The molecule has 1 atom stereocenters. The van der Waals surface area contributed by atoms with Gasteiger partial charge in [0, 0.05) is 6.54 Å². The van der Waals surface area contributed by atoms with Crippen LogP contribution in [-0.4, -0.2) is 24.0 Å². The third-order valence-electron chi connectivity index (χ3n) is 2.37. The molecule has 0 amide bonds. The molecule has 82 valence electrons. The lowest BCUT2D eigenvalue weighted by Crippen LogP contribution is -2.48. The molecule has 3 nitrogen and oxygen atoms in total. The first-order valence-electron chi connectivity index (χ1n) is 4.33. The summed E-state index contributed by atoms with van der Waals surface area (Å²) in [4.78, 5) is 10.9. The van der Waals surface area contributed by atoms with Crippen molar-refractivity contribution in [1.82, 2.24) is 0 Å². The molecule has 0 saturated heterocycles. The van der Waals surface area contributed by atoms with Crippen molar-refractivity contribution in [2.24, 2.45) is 5.73 Å². The second kappa shape index (κ2) is 4.35. The number of carbonyl (C=O) groups is 1. The molecule has 0 aliphatic heterocycles. The normalized spacial score (nSPS) is 14.9. The lowest BCUT2D eigenvalue weighted by atomic mass is 9.81. The molecule has 3 N–H and O–H groups in total. The molecule has 0 aliphatic carbocycles. The van der Waals surface area contributed by atoms with Crippen molar-refractivity contribution in [3.63, 3.8) is 0 Å². The maximum Gasteiger partial charge on any atom is 0.321 e. The number of aliphatic carboxylic acids is 1. The van der Waals surface area contributed by atoms with Crippen LogP contribution < -0.4 is 5.73 Å². The summed E-state index contributed by atoms with van der Waals surface area (Å²) in [6, 6.07) is 7.31. The van der Waals surface area contributed by atoms with Gasteiger partial charge in [-0.25, -0.2) is 8.78 Å². The van der Waals surface area contributed by atoms with E-state index in [4.69, 9.17) is 10.8 Å². The van der Waals surface area contributed by atoms with Gasteiger partial charge in [0.05, 0.1) is 0 Å². The third kappa shape index (κ3) is 1.83. The van der Waals surface area contributed by atoms with E-state index in [1.54, 1.807) is 6.07 Å². The summed E-state index contributed by atoms with van der Waals surface area (Å²) in [7, 11) is 0. The summed E-state index contributed by atoms with van der Waals surface area (Å²) in [6.07, 6.45) is -3.04. The van der Waals surface area contributed by atoms with E-state index in [0.717, 1.165) is 0 Å². The van der Waals surface area contributed by atoms with Crippen LogP contribution in [0.2, 0.25) is 0 Å². The molecule has 0 spiro atoms. The SMILES string of the molecule is NCC(C(=O)O)(c1ccccc1)C(F)F. The van der Waals surface area contributed by atoms with Gasteiger partial charge in [-0.1, -0.05) is 30.3 Å². The lowest BCUT2D eigenvalue weighted by molar-refractivity contribution is -0.149. The Hall–Kier alpha value is -1.49. The van der Waals surface area contributed by atoms with Crippen LogP contribution in [0.3, 0.4) is 0 Å². The van der Waals surface area contributed by atoms with Gasteiger partial charge in [0.15, 0.2) is 5.41 Å². The van der Waals surface area contributed by atoms with Gasteiger partial charge in [0.25, 0.3) is 6.43 Å². The van der Waals surface area contributed by atoms with Gasteiger partial charge in [0.1, 0.15) is 0 Å². The molecule has 1 unspecified atom stereocenters. The predicted octanol–water partition coefficient (Wildman–Crippen LogP) is 1.23. The second-order valence-electron chi connectivity index (χ2n) is 3.15. The van der Waals surface area contributed by atoms with Crippen molar-refractivity contribution in [2.75, 3.05) is 6.54 Å². The number of carboxylic acid groups (broad SMARTS) is 1. The summed E-state index contributed by atoms with van der Waals surface area (Å²) in [5, 5.41) is 8.89. The molecule has 0 bridgehead atoms. The number of nitrogens with two attached hydrogens (primary N) is 1. The van der Waals surface area contributed by atoms with E-state index in [1.807, 2.05) is 0 Å². The first-order valence-corrected chi connectivity index (χ1v) is 4.33. The summed E-state index contributed by atoms with van der Waals surface area (Å²) < 4.78 is 25.7. The van der Waals surface area contributed by atoms with Crippen LogP contribution in [-0.2, 0) is 10.2 Å². The molecule has 0 saturated carbocycles. The fourth-order valence-electron chi connectivity index (χ4n) is 1.37. The Bertz CT molecular complexity index is 343. The van der Waals surface area contributed by atoms with E-state index in [2.05, 4.69) is 0 Å². The van der Waals surface area contributed by atoms with Gasteiger partial charge in [-0.3, -0.25) is 4.79 Å². The van der Waals surface area contributed by atoms with Crippen LogP contribution in [0.1, 0.15) is 5.56 Å². The summed E-state index contributed by atoms with van der Waals surface area (Å²) in [5.74, 6) is -1.61. The van der Waals surface area contributed by atoms with Crippen molar-refractivity contribution >= 4 is 5.97 Å². The van der Waals surface area contributed by atoms with Gasteiger partial charge < -0.3 is 10.8 Å². The summed E-state index contributed by atoms with van der Waals surface area (Å²) >= 11 is 0. The molecule has 1 rings (SSSR count). The standard InChI is InChI=1S/C10H11F2NO2/c11-8(12)10(6-13,9(14)15)7-4-2-1-3-5-7/h1-5,8H,6,13H2,(H,14,15). The first-order chi connectivity index (χ1) is 7.05. The van der Waals surface area contributed by atoms with Gasteiger partial charge >= 0.3 is 5.97 Å². The van der Waals surface area contributed by atoms with Crippen LogP contribution in [0.4, 0.5) is 8.78 Å². The Kier molecular flexibility index (Phi) is 3.36. The molecule has 0 aliphatic rings.